The number of nitrogens with zero attached hydrogens (tertiary/aromatic N) is 2. The highest BCUT2D eigenvalue weighted by molar-refractivity contribution is 7.07. The van der Waals surface area contributed by atoms with Crippen LogP contribution in [-0.4, -0.2) is 23.6 Å². The third-order valence-electron chi connectivity index (χ3n) is 3.78. The van der Waals surface area contributed by atoms with Crippen LogP contribution >= 0.6 is 23.1 Å². The first kappa shape index (κ1) is 20.0. The van der Waals surface area contributed by atoms with Crippen LogP contribution in [-0.2, 0) is 0 Å². The van der Waals surface area contributed by atoms with Crippen LogP contribution < -0.4 is 20.3 Å². The van der Waals surface area contributed by atoms with Crippen LogP contribution in [0.1, 0.15) is 11.8 Å². The Morgan fingerprint density at radius 3 is 2.57 bits per heavy atom. The summed E-state index contributed by atoms with van der Waals surface area (Å²) < 4.78 is 12.6. The summed E-state index contributed by atoms with van der Waals surface area (Å²) in [5, 5.41) is 12.1. The zero-order chi connectivity index (χ0) is 20.1. The van der Waals surface area contributed by atoms with E-state index in [9.17, 15) is 0 Å². The second-order valence-electron chi connectivity index (χ2n) is 5.86. The van der Waals surface area contributed by atoms with Gasteiger partial charge in [0.1, 0.15) is 22.7 Å². The first-order chi connectivity index (χ1) is 13.5. The third kappa shape index (κ3) is 4.74. The molecule has 3 rings (SSSR count). The Morgan fingerprint density at radius 2 is 1.96 bits per heavy atom. The highest BCUT2D eigenvalue weighted by Crippen LogP contribution is 2.31. The van der Waals surface area contributed by atoms with Crippen molar-refractivity contribution >= 4 is 40.5 Å². The maximum Gasteiger partial charge on any atom is 0.223 e. The number of benzene rings is 2. The van der Waals surface area contributed by atoms with E-state index < -0.39 is 0 Å². The van der Waals surface area contributed by atoms with Gasteiger partial charge in [-0.2, -0.15) is 0 Å². The molecule has 146 valence electrons. The Labute approximate surface area is 172 Å². The number of anilines is 1. The highest BCUT2D eigenvalue weighted by atomic mass is 35.5. The Bertz CT molecular complexity index is 1040. The molecule has 1 aromatic heterocycles. The van der Waals surface area contributed by atoms with Crippen molar-refractivity contribution in [2.45, 2.75) is 13.8 Å². The lowest BCUT2D eigenvalue weighted by Crippen LogP contribution is -2.28. The summed E-state index contributed by atoms with van der Waals surface area (Å²) in [5.41, 5.74) is 1.78. The Balaban J connectivity index is 2.03. The Morgan fingerprint density at radius 1 is 1.21 bits per heavy atom. The number of aromatic nitrogens is 1. The van der Waals surface area contributed by atoms with Crippen molar-refractivity contribution in [3.63, 3.8) is 0 Å². The predicted octanol–water partition coefficient (Wildman–Crippen LogP) is 5.05. The average Bonchev–Trinajstić information content (AvgIpc) is 3.02. The van der Waals surface area contributed by atoms with Crippen LogP contribution in [0.25, 0.3) is 0 Å². The number of hydrogen-bond donors (Lipinski definition) is 2. The van der Waals surface area contributed by atoms with Gasteiger partial charge in [0.15, 0.2) is 0 Å². The van der Waals surface area contributed by atoms with Crippen molar-refractivity contribution in [2.75, 3.05) is 19.0 Å². The lowest BCUT2D eigenvalue weighted by atomic mass is 10.3. The van der Waals surface area contributed by atoms with E-state index >= 15 is 0 Å². The fourth-order valence-electron chi connectivity index (χ4n) is 2.54. The van der Waals surface area contributed by atoms with Gasteiger partial charge in [-0.25, -0.2) is 8.95 Å². The maximum atomic E-state index is 8.26. The minimum atomic E-state index is 0.340. The SMILES string of the molecule is CCOc1ccc(NC(=Nc2ccc(Cl)cc2OC)n2sc(C)cc2=N)cc1. The lowest BCUT2D eigenvalue weighted by molar-refractivity contribution is 0.340. The molecule has 0 fully saturated rings. The quantitative estimate of drug-likeness (QED) is 0.451. The van der Waals surface area contributed by atoms with Gasteiger partial charge in [0, 0.05) is 21.7 Å². The van der Waals surface area contributed by atoms with Crippen LogP contribution in [0, 0.1) is 12.3 Å². The number of hydrogen-bond acceptors (Lipinski definition) is 5. The van der Waals surface area contributed by atoms with Gasteiger partial charge in [-0.15, -0.1) is 0 Å². The standard InChI is InChI=1S/C20H21ClN4O2S/c1-4-27-16-8-6-15(7-9-16)23-20(25-19(22)11-13(2)28-25)24-17-10-5-14(21)12-18(17)26-3/h5-12,22H,4H2,1-3H3,(H,23,24). The monoisotopic (exact) mass is 416 g/mol. The molecule has 2 aromatic carbocycles. The molecule has 3 aromatic rings. The van der Waals surface area contributed by atoms with Crippen molar-refractivity contribution in [1.82, 2.24) is 3.96 Å². The van der Waals surface area contributed by atoms with Crippen LogP contribution in [0.15, 0.2) is 53.5 Å². The zero-order valence-corrected chi connectivity index (χ0v) is 17.4. The second-order valence-corrected chi connectivity index (χ2v) is 7.49. The minimum absolute atomic E-state index is 0.340. The first-order valence-corrected chi connectivity index (χ1v) is 9.82. The molecule has 0 saturated carbocycles. The zero-order valence-electron chi connectivity index (χ0n) is 15.8. The molecule has 0 atom stereocenters. The van der Waals surface area contributed by atoms with Crippen LogP contribution in [0.3, 0.4) is 0 Å². The molecule has 0 radical (unpaired) electrons. The summed E-state index contributed by atoms with van der Waals surface area (Å²) >= 11 is 7.49. The van der Waals surface area contributed by atoms with E-state index in [1.807, 2.05) is 38.1 Å². The molecule has 0 unspecified atom stereocenters. The minimum Gasteiger partial charge on any atom is -0.494 e. The smallest absolute Gasteiger partial charge is 0.223 e. The summed E-state index contributed by atoms with van der Waals surface area (Å²) in [6.07, 6.45) is 0. The molecule has 0 bridgehead atoms. The molecule has 0 aliphatic heterocycles. The van der Waals surface area contributed by atoms with Gasteiger partial charge in [0.2, 0.25) is 5.96 Å². The molecule has 1 heterocycles. The number of halogens is 1. The summed E-state index contributed by atoms with van der Waals surface area (Å²) in [6, 6.07) is 14.6. The van der Waals surface area contributed by atoms with Gasteiger partial charge < -0.3 is 14.8 Å². The summed E-state index contributed by atoms with van der Waals surface area (Å²) in [6.45, 7) is 4.51. The molecule has 0 amide bonds. The largest absolute Gasteiger partial charge is 0.494 e. The molecule has 0 spiro atoms. The molecular formula is C20H21ClN4O2S. The van der Waals surface area contributed by atoms with Crippen molar-refractivity contribution in [3.8, 4) is 11.5 Å². The number of aryl methyl sites for hydroxylation is 1. The first-order valence-electron chi connectivity index (χ1n) is 8.67. The molecule has 6 nitrogen and oxygen atoms in total. The number of rotatable bonds is 5. The van der Waals surface area contributed by atoms with Crippen molar-refractivity contribution in [2.24, 2.45) is 4.99 Å². The fourth-order valence-corrected chi connectivity index (χ4v) is 3.48. The fraction of sp³-hybridized carbons (Fsp3) is 0.200. The van der Waals surface area contributed by atoms with Gasteiger partial charge in [-0.3, -0.25) is 5.41 Å². The van der Waals surface area contributed by atoms with Gasteiger partial charge in [-0.05, 0) is 56.3 Å². The molecule has 28 heavy (non-hydrogen) atoms. The van der Waals surface area contributed by atoms with Crippen LogP contribution in [0.2, 0.25) is 5.02 Å². The molecule has 0 saturated heterocycles. The predicted molar refractivity (Wildman–Crippen MR) is 115 cm³/mol. The topological polar surface area (TPSA) is 71.6 Å². The summed E-state index contributed by atoms with van der Waals surface area (Å²) in [5.74, 6) is 1.85. The van der Waals surface area contributed by atoms with E-state index in [-0.39, 0.29) is 0 Å². The van der Waals surface area contributed by atoms with E-state index in [1.54, 1.807) is 35.3 Å². The van der Waals surface area contributed by atoms with Gasteiger partial charge in [0.25, 0.3) is 0 Å². The molecule has 0 aliphatic carbocycles. The lowest BCUT2D eigenvalue weighted by Gasteiger charge is -2.12. The highest BCUT2D eigenvalue weighted by Gasteiger charge is 2.11. The molecule has 8 heteroatoms. The number of aliphatic imine (C=N–C) groups is 1. The van der Waals surface area contributed by atoms with E-state index in [0.29, 0.717) is 34.5 Å². The molecule has 0 aliphatic rings. The number of ether oxygens (including phenoxy) is 2. The third-order valence-corrected chi connectivity index (χ3v) is 4.97. The van der Waals surface area contributed by atoms with Crippen molar-refractivity contribution in [3.05, 3.63) is 63.9 Å². The number of nitrogens with one attached hydrogen (secondary N) is 2. The van der Waals surface area contributed by atoms with Crippen molar-refractivity contribution < 1.29 is 9.47 Å². The second kappa shape index (κ2) is 8.95. The Hall–Kier alpha value is -2.77. The normalized spacial score (nSPS) is 11.4. The Kier molecular flexibility index (Phi) is 6.38. The van der Waals surface area contributed by atoms with Crippen LogP contribution in [0.5, 0.6) is 11.5 Å². The van der Waals surface area contributed by atoms with Gasteiger partial charge in [0.05, 0.1) is 13.7 Å². The van der Waals surface area contributed by atoms with E-state index in [4.69, 9.17) is 31.5 Å². The van der Waals surface area contributed by atoms with E-state index in [2.05, 4.69) is 5.32 Å². The van der Waals surface area contributed by atoms with E-state index in [1.165, 1.54) is 11.5 Å². The molecular weight excluding hydrogens is 396 g/mol. The van der Waals surface area contributed by atoms with Gasteiger partial charge >= 0.3 is 0 Å². The maximum absolute atomic E-state index is 8.26. The van der Waals surface area contributed by atoms with E-state index in [0.717, 1.165) is 16.3 Å². The van der Waals surface area contributed by atoms with Gasteiger partial charge in [-0.1, -0.05) is 23.1 Å². The summed E-state index contributed by atoms with van der Waals surface area (Å²) in [7, 11) is 1.57. The van der Waals surface area contributed by atoms with Crippen LogP contribution in [0.4, 0.5) is 11.4 Å². The number of methoxy groups -OCH3 is 1. The average molecular weight is 417 g/mol. The molecule has 2 N–H and O–H groups in total. The van der Waals surface area contributed by atoms with Crippen molar-refractivity contribution in [1.29, 1.82) is 5.41 Å². The summed E-state index contributed by atoms with van der Waals surface area (Å²) in [4.78, 5) is 5.72.